The number of benzene rings is 2. The van der Waals surface area contributed by atoms with Gasteiger partial charge in [-0.2, -0.15) is 0 Å². The van der Waals surface area contributed by atoms with E-state index in [2.05, 4.69) is 10.6 Å². The third-order valence-electron chi connectivity index (χ3n) is 7.44. The summed E-state index contributed by atoms with van der Waals surface area (Å²) in [4.78, 5) is 53.8. The number of nitrogens with two attached hydrogens (primary N) is 1. The highest BCUT2D eigenvalue weighted by atomic mass is 16.7. The van der Waals surface area contributed by atoms with Crippen LogP contribution in [0.3, 0.4) is 0 Å². The summed E-state index contributed by atoms with van der Waals surface area (Å²) in [7, 11) is 0. The molecule has 2 aromatic rings. The van der Waals surface area contributed by atoms with Crippen LogP contribution in [0.5, 0.6) is 11.5 Å². The Hall–Kier alpha value is -3.92. The maximum Gasteiger partial charge on any atom is 0.250 e. The quantitative estimate of drug-likeness (QED) is 0.545. The van der Waals surface area contributed by atoms with Crippen LogP contribution in [-0.4, -0.2) is 41.4 Å². The SMILES string of the molecule is Cc1ccc2c(c1)[C@@]1(N[C@H](CCC(N)=O)[C@H]3C(=O)N(Cc4ccc5c(c4)OCO5)C(=O)[C@@H]31)C(=O)N2. The van der Waals surface area contributed by atoms with Gasteiger partial charge in [0.25, 0.3) is 0 Å². The first kappa shape index (κ1) is 21.6. The zero-order chi connectivity index (χ0) is 24.5. The summed E-state index contributed by atoms with van der Waals surface area (Å²) in [5, 5.41) is 6.19. The second kappa shape index (κ2) is 7.54. The van der Waals surface area contributed by atoms with Crippen LogP contribution < -0.4 is 25.8 Å². The van der Waals surface area contributed by atoms with E-state index in [0.29, 0.717) is 28.3 Å². The Balaban J connectivity index is 1.40. The summed E-state index contributed by atoms with van der Waals surface area (Å²) in [5.41, 5.74) is 6.87. The van der Waals surface area contributed by atoms with Crippen LogP contribution in [-0.2, 0) is 31.3 Å². The monoisotopic (exact) mass is 476 g/mol. The smallest absolute Gasteiger partial charge is 0.250 e. The van der Waals surface area contributed by atoms with Gasteiger partial charge in [-0.1, -0.05) is 23.8 Å². The van der Waals surface area contributed by atoms with Crippen molar-refractivity contribution in [1.82, 2.24) is 10.2 Å². The average Bonchev–Trinajstić information content (AvgIpc) is 3.55. The number of fused-ring (bicyclic) bond motifs is 5. The molecule has 2 fully saturated rings. The summed E-state index contributed by atoms with van der Waals surface area (Å²) in [6.45, 7) is 2.07. The highest BCUT2D eigenvalue weighted by Crippen LogP contribution is 2.54. The maximum absolute atomic E-state index is 13.9. The van der Waals surface area contributed by atoms with Crippen LogP contribution in [0.2, 0.25) is 0 Å². The number of hydrogen-bond acceptors (Lipinski definition) is 7. The van der Waals surface area contributed by atoms with Gasteiger partial charge in [0, 0.05) is 23.7 Å². The number of likely N-dealkylation sites (tertiary alicyclic amines) is 1. The van der Waals surface area contributed by atoms with Crippen molar-refractivity contribution < 1.29 is 28.7 Å². The normalized spacial score (nSPS) is 28.0. The van der Waals surface area contributed by atoms with E-state index in [0.717, 1.165) is 5.56 Å². The van der Waals surface area contributed by atoms with Gasteiger partial charge >= 0.3 is 0 Å². The van der Waals surface area contributed by atoms with Crippen LogP contribution in [0.15, 0.2) is 36.4 Å². The number of carbonyl (C=O) groups is 4. The third-order valence-corrected chi connectivity index (χ3v) is 7.44. The number of primary amides is 1. The molecule has 4 heterocycles. The van der Waals surface area contributed by atoms with Crippen LogP contribution >= 0.6 is 0 Å². The van der Waals surface area contributed by atoms with Crippen molar-refractivity contribution in [1.29, 1.82) is 0 Å². The predicted molar refractivity (Wildman–Crippen MR) is 122 cm³/mol. The number of nitrogens with zero attached hydrogens (tertiary/aromatic N) is 1. The number of rotatable bonds is 5. The second-order valence-electron chi connectivity index (χ2n) is 9.52. The molecule has 4 N–H and O–H groups in total. The molecule has 180 valence electrons. The zero-order valence-electron chi connectivity index (χ0n) is 19.0. The number of ether oxygens (including phenoxy) is 2. The fraction of sp³-hybridized carbons (Fsp3) is 0.360. The Morgan fingerprint density at radius 3 is 2.71 bits per heavy atom. The van der Waals surface area contributed by atoms with Crippen molar-refractivity contribution in [2.24, 2.45) is 17.6 Å². The molecule has 0 saturated carbocycles. The molecule has 6 rings (SSSR count). The Bertz CT molecular complexity index is 1310. The zero-order valence-corrected chi connectivity index (χ0v) is 19.0. The van der Waals surface area contributed by atoms with E-state index < -0.39 is 35.2 Å². The lowest BCUT2D eigenvalue weighted by Crippen LogP contribution is -2.53. The predicted octanol–water partition coefficient (Wildman–Crippen LogP) is 0.910. The minimum atomic E-state index is -1.40. The fourth-order valence-electron chi connectivity index (χ4n) is 5.90. The van der Waals surface area contributed by atoms with Gasteiger partial charge in [0.15, 0.2) is 11.5 Å². The molecule has 10 nitrogen and oxygen atoms in total. The van der Waals surface area contributed by atoms with E-state index in [1.165, 1.54) is 4.90 Å². The van der Waals surface area contributed by atoms with Crippen LogP contribution in [0.4, 0.5) is 5.69 Å². The van der Waals surface area contributed by atoms with Gasteiger partial charge in [0.1, 0.15) is 5.54 Å². The number of carbonyl (C=O) groups excluding carboxylic acids is 4. The molecule has 4 atom stereocenters. The molecule has 0 radical (unpaired) electrons. The van der Waals surface area contributed by atoms with Gasteiger partial charge in [0.2, 0.25) is 30.4 Å². The van der Waals surface area contributed by atoms with Gasteiger partial charge in [-0.15, -0.1) is 0 Å². The number of anilines is 1. The van der Waals surface area contributed by atoms with E-state index in [-0.39, 0.29) is 38.0 Å². The number of amides is 4. The van der Waals surface area contributed by atoms with E-state index in [9.17, 15) is 19.2 Å². The highest BCUT2D eigenvalue weighted by Gasteiger charge is 2.70. The fourth-order valence-corrected chi connectivity index (χ4v) is 5.90. The molecule has 35 heavy (non-hydrogen) atoms. The van der Waals surface area contributed by atoms with Crippen molar-refractivity contribution in [3.8, 4) is 11.5 Å². The van der Waals surface area contributed by atoms with Gasteiger partial charge in [-0.3, -0.25) is 29.4 Å². The van der Waals surface area contributed by atoms with Crippen LogP contribution in [0, 0.1) is 18.8 Å². The molecule has 0 unspecified atom stereocenters. The molecule has 10 heteroatoms. The molecule has 4 amide bonds. The topological polar surface area (TPSA) is 140 Å². The minimum absolute atomic E-state index is 0.0306. The Morgan fingerprint density at radius 2 is 1.91 bits per heavy atom. The van der Waals surface area contributed by atoms with Gasteiger partial charge < -0.3 is 20.5 Å². The molecule has 4 aliphatic heterocycles. The molecular formula is C25H24N4O6. The molecule has 4 aliphatic rings. The third kappa shape index (κ3) is 3.06. The van der Waals surface area contributed by atoms with E-state index in [1.54, 1.807) is 24.3 Å². The summed E-state index contributed by atoms with van der Waals surface area (Å²) in [6, 6.07) is 10.2. The number of imide groups is 1. The first-order valence-corrected chi connectivity index (χ1v) is 11.5. The molecule has 0 aromatic heterocycles. The Kier molecular flexibility index (Phi) is 4.65. The van der Waals surface area contributed by atoms with Gasteiger partial charge in [-0.25, -0.2) is 0 Å². The van der Waals surface area contributed by atoms with Crippen molar-refractivity contribution >= 4 is 29.3 Å². The molecule has 2 aromatic carbocycles. The van der Waals surface area contributed by atoms with Gasteiger partial charge in [0.05, 0.1) is 18.4 Å². The molecule has 2 saturated heterocycles. The second-order valence-corrected chi connectivity index (χ2v) is 9.52. The molecule has 0 aliphatic carbocycles. The Morgan fingerprint density at radius 1 is 1.11 bits per heavy atom. The van der Waals surface area contributed by atoms with Crippen molar-refractivity contribution in [3.63, 3.8) is 0 Å². The average molecular weight is 476 g/mol. The highest BCUT2D eigenvalue weighted by molar-refractivity contribution is 6.15. The lowest BCUT2D eigenvalue weighted by molar-refractivity contribution is -0.143. The number of hydrogen-bond donors (Lipinski definition) is 3. The van der Waals surface area contributed by atoms with Crippen molar-refractivity contribution in [2.75, 3.05) is 12.1 Å². The minimum Gasteiger partial charge on any atom is -0.454 e. The summed E-state index contributed by atoms with van der Waals surface area (Å²) < 4.78 is 10.8. The molecular weight excluding hydrogens is 452 g/mol. The lowest BCUT2D eigenvalue weighted by Gasteiger charge is -2.29. The van der Waals surface area contributed by atoms with Crippen molar-refractivity contribution in [2.45, 2.75) is 37.9 Å². The summed E-state index contributed by atoms with van der Waals surface area (Å²) in [6.07, 6.45) is 0.270. The first-order chi connectivity index (χ1) is 16.8. The summed E-state index contributed by atoms with van der Waals surface area (Å²) >= 11 is 0. The number of nitrogens with one attached hydrogen (secondary N) is 2. The Labute approximate surface area is 200 Å². The largest absolute Gasteiger partial charge is 0.454 e. The maximum atomic E-state index is 13.9. The van der Waals surface area contributed by atoms with Crippen molar-refractivity contribution in [3.05, 3.63) is 53.1 Å². The number of aryl methyl sites for hydroxylation is 1. The van der Waals surface area contributed by atoms with Crippen LogP contribution in [0.1, 0.15) is 29.5 Å². The van der Waals surface area contributed by atoms with Gasteiger partial charge in [-0.05, 0) is 37.1 Å². The van der Waals surface area contributed by atoms with E-state index in [4.69, 9.17) is 15.2 Å². The first-order valence-electron chi connectivity index (χ1n) is 11.5. The molecule has 0 bridgehead atoms. The standard InChI is InChI=1S/C25H24N4O6/c1-12-2-4-15-14(8-12)25(24(33)27-15)21-20(16(28-25)5-7-19(26)30)22(31)29(23(21)32)10-13-3-6-17-18(9-13)35-11-34-17/h2-4,6,8-9,16,20-21,28H,5,7,10-11H2,1H3,(H2,26,30)(H,27,33)/t16-,20-,21-,25+/m1/s1. The molecule has 1 spiro atoms. The van der Waals surface area contributed by atoms with E-state index in [1.807, 2.05) is 19.1 Å². The van der Waals surface area contributed by atoms with E-state index >= 15 is 0 Å². The van der Waals surface area contributed by atoms with Crippen LogP contribution in [0.25, 0.3) is 0 Å². The summed E-state index contributed by atoms with van der Waals surface area (Å²) in [5.74, 6) is -2.25. The lowest BCUT2D eigenvalue weighted by atomic mass is 9.76.